The average molecular weight is 343 g/mol. The van der Waals surface area contributed by atoms with Gasteiger partial charge in [-0.25, -0.2) is 12.7 Å². The largest absolute Gasteiger partial charge is 0.270 e. The third-order valence-corrected chi connectivity index (χ3v) is 5.62. The maximum atomic E-state index is 12.8. The van der Waals surface area contributed by atoms with Gasteiger partial charge in [-0.05, 0) is 42.8 Å². The molecule has 0 saturated carbocycles. The van der Waals surface area contributed by atoms with E-state index in [0.717, 1.165) is 10.4 Å². The summed E-state index contributed by atoms with van der Waals surface area (Å²) in [5, 5.41) is 1.90. The van der Waals surface area contributed by atoms with E-state index in [4.69, 9.17) is 6.42 Å². The van der Waals surface area contributed by atoms with Crippen molar-refractivity contribution in [1.29, 1.82) is 0 Å². The van der Waals surface area contributed by atoms with E-state index in [1.807, 2.05) is 24.4 Å². The van der Waals surface area contributed by atoms with Crippen LogP contribution in [0, 0.1) is 31.2 Å². The minimum atomic E-state index is -3.66. The van der Waals surface area contributed by atoms with Crippen LogP contribution in [0.5, 0.6) is 0 Å². The van der Waals surface area contributed by atoms with Crippen molar-refractivity contribution in [3.8, 4) is 24.3 Å². The lowest BCUT2D eigenvalue weighted by Crippen LogP contribution is -2.27. The molecule has 0 bridgehead atoms. The average Bonchev–Trinajstić information content (AvgIpc) is 3.04. The summed E-state index contributed by atoms with van der Waals surface area (Å²) >= 11 is 1.47. The van der Waals surface area contributed by atoms with Crippen LogP contribution in [0.3, 0.4) is 0 Å². The van der Waals surface area contributed by atoms with Crippen LogP contribution in [-0.2, 0) is 10.0 Å². The van der Waals surface area contributed by atoms with E-state index in [0.29, 0.717) is 12.8 Å². The molecule has 0 atom stereocenters. The monoisotopic (exact) mass is 343 g/mol. The normalized spacial score (nSPS) is 10.4. The number of unbranched alkanes of at least 4 members (excludes halogenated alkanes) is 1. The first-order chi connectivity index (χ1) is 11.0. The van der Waals surface area contributed by atoms with Crippen LogP contribution < -0.4 is 0 Å². The fourth-order valence-corrected chi connectivity index (χ4v) is 3.70. The minimum Gasteiger partial charge on any atom is -0.224 e. The number of benzene rings is 1. The Morgan fingerprint density at radius 3 is 2.57 bits per heavy atom. The van der Waals surface area contributed by atoms with Crippen molar-refractivity contribution in [3.63, 3.8) is 0 Å². The van der Waals surface area contributed by atoms with Gasteiger partial charge >= 0.3 is 0 Å². The Kier molecular flexibility index (Phi) is 5.87. The molecule has 2 aromatic rings. The van der Waals surface area contributed by atoms with Crippen molar-refractivity contribution in [3.05, 3.63) is 52.2 Å². The van der Waals surface area contributed by atoms with Crippen molar-refractivity contribution >= 4 is 21.4 Å². The second-order valence-corrected chi connectivity index (χ2v) is 7.72. The lowest BCUT2D eigenvalue weighted by atomic mass is 10.2. The van der Waals surface area contributed by atoms with Crippen LogP contribution in [0.15, 0.2) is 46.7 Å². The smallest absolute Gasteiger partial charge is 0.224 e. The third kappa shape index (κ3) is 4.63. The first-order valence-electron chi connectivity index (χ1n) is 7.12. The molecule has 0 radical (unpaired) electrons. The highest BCUT2D eigenvalue weighted by Gasteiger charge is 2.21. The zero-order valence-electron chi connectivity index (χ0n) is 12.8. The summed E-state index contributed by atoms with van der Waals surface area (Å²) in [5.41, 5.74) is 1.01. The SMILES string of the molecule is C#CCCCN(C#Cc1cccs1)S(=O)(=O)c1ccc(C)cc1. The Balaban J connectivity index is 2.31. The molecule has 3 nitrogen and oxygen atoms in total. The summed E-state index contributed by atoms with van der Waals surface area (Å²) in [4.78, 5) is 1.07. The van der Waals surface area contributed by atoms with Gasteiger partial charge in [0.05, 0.1) is 9.77 Å². The number of hydrogen-bond acceptors (Lipinski definition) is 3. The van der Waals surface area contributed by atoms with Crippen LogP contribution in [0.1, 0.15) is 23.3 Å². The first-order valence-corrected chi connectivity index (χ1v) is 9.44. The Morgan fingerprint density at radius 1 is 1.22 bits per heavy atom. The van der Waals surface area contributed by atoms with Crippen LogP contribution in [0.4, 0.5) is 0 Å². The minimum absolute atomic E-state index is 0.240. The second kappa shape index (κ2) is 7.87. The van der Waals surface area contributed by atoms with E-state index in [-0.39, 0.29) is 11.4 Å². The summed E-state index contributed by atoms with van der Waals surface area (Å²) in [6.07, 6.45) is 6.33. The van der Waals surface area contributed by atoms with Gasteiger partial charge in [0.1, 0.15) is 0 Å². The summed E-state index contributed by atoms with van der Waals surface area (Å²) in [5.74, 6) is 5.43. The topological polar surface area (TPSA) is 37.4 Å². The molecule has 0 saturated heterocycles. The number of thiophene rings is 1. The van der Waals surface area contributed by atoms with Crippen LogP contribution in [-0.4, -0.2) is 19.3 Å². The van der Waals surface area contributed by atoms with Crippen LogP contribution in [0.2, 0.25) is 0 Å². The van der Waals surface area contributed by atoms with E-state index in [1.165, 1.54) is 15.6 Å². The highest BCUT2D eigenvalue weighted by molar-refractivity contribution is 7.89. The third-order valence-electron chi connectivity index (χ3n) is 3.12. The highest BCUT2D eigenvalue weighted by Crippen LogP contribution is 2.17. The molecule has 2 rings (SSSR count). The van der Waals surface area contributed by atoms with Gasteiger partial charge in [-0.3, -0.25) is 0 Å². The standard InChI is InChI=1S/C18H17NO2S2/c1-3-4-5-13-19(14-12-17-7-6-15-22-17)23(20,21)18-10-8-16(2)9-11-18/h1,6-11,15H,4-5,13H2,2H3. The van der Waals surface area contributed by atoms with Gasteiger partial charge in [-0.1, -0.05) is 23.8 Å². The first kappa shape index (κ1) is 17.1. The Bertz CT molecular complexity index is 833. The van der Waals surface area contributed by atoms with E-state index in [1.54, 1.807) is 24.3 Å². The van der Waals surface area contributed by atoms with Crippen molar-refractivity contribution in [2.75, 3.05) is 6.54 Å². The predicted octanol–water partition coefficient (Wildman–Crippen LogP) is 3.47. The number of sulfonamides is 1. The van der Waals surface area contributed by atoms with Crippen molar-refractivity contribution in [1.82, 2.24) is 4.31 Å². The fraction of sp³-hybridized carbons (Fsp3) is 0.222. The summed E-state index contributed by atoms with van der Waals surface area (Å²) < 4.78 is 26.7. The summed E-state index contributed by atoms with van der Waals surface area (Å²) in [6.45, 7) is 2.19. The van der Waals surface area contributed by atoms with E-state index >= 15 is 0 Å². The lowest BCUT2D eigenvalue weighted by Gasteiger charge is -2.17. The zero-order valence-corrected chi connectivity index (χ0v) is 14.5. The second-order valence-electron chi connectivity index (χ2n) is 4.91. The van der Waals surface area contributed by atoms with Crippen LogP contribution >= 0.6 is 11.3 Å². The molecule has 0 aliphatic heterocycles. The van der Waals surface area contributed by atoms with Crippen molar-refractivity contribution < 1.29 is 8.42 Å². The molecular weight excluding hydrogens is 326 g/mol. The van der Waals surface area contributed by atoms with Gasteiger partial charge in [0.15, 0.2) is 0 Å². The molecule has 0 spiro atoms. The Morgan fingerprint density at radius 2 is 1.96 bits per heavy atom. The molecule has 0 fully saturated rings. The van der Waals surface area contributed by atoms with Crippen molar-refractivity contribution in [2.45, 2.75) is 24.7 Å². The van der Waals surface area contributed by atoms with Gasteiger partial charge in [0, 0.05) is 19.0 Å². The van der Waals surface area contributed by atoms with Gasteiger partial charge in [-0.15, -0.1) is 23.7 Å². The van der Waals surface area contributed by atoms with E-state index in [2.05, 4.69) is 17.9 Å². The molecule has 0 unspecified atom stereocenters. The molecular formula is C18H17NO2S2. The maximum absolute atomic E-state index is 12.8. The highest BCUT2D eigenvalue weighted by atomic mass is 32.2. The Hall–Kier alpha value is -2.21. The van der Waals surface area contributed by atoms with E-state index in [9.17, 15) is 8.42 Å². The quantitative estimate of drug-likeness (QED) is 0.474. The van der Waals surface area contributed by atoms with E-state index < -0.39 is 10.0 Å². The molecule has 5 heteroatoms. The number of aryl methyl sites for hydroxylation is 1. The number of nitrogens with zero attached hydrogens (tertiary/aromatic N) is 1. The van der Waals surface area contributed by atoms with Gasteiger partial charge in [-0.2, -0.15) is 0 Å². The van der Waals surface area contributed by atoms with Crippen molar-refractivity contribution in [2.24, 2.45) is 0 Å². The van der Waals surface area contributed by atoms with Gasteiger partial charge in [0.2, 0.25) is 0 Å². The molecule has 0 amide bonds. The van der Waals surface area contributed by atoms with Crippen LogP contribution in [0.25, 0.3) is 0 Å². The molecule has 0 aliphatic carbocycles. The number of rotatable bonds is 5. The molecule has 1 aromatic carbocycles. The molecule has 0 N–H and O–H groups in total. The molecule has 118 valence electrons. The van der Waals surface area contributed by atoms with Gasteiger partial charge in [0.25, 0.3) is 10.0 Å². The molecule has 1 heterocycles. The predicted molar refractivity (Wildman–Crippen MR) is 94.3 cm³/mol. The van der Waals surface area contributed by atoms with Gasteiger partial charge < -0.3 is 0 Å². The Labute approximate surface area is 142 Å². The zero-order chi connectivity index (χ0) is 16.7. The molecule has 23 heavy (non-hydrogen) atoms. The maximum Gasteiger partial charge on any atom is 0.270 e. The molecule has 0 aliphatic rings. The lowest BCUT2D eigenvalue weighted by molar-refractivity contribution is 0.504. The fourth-order valence-electron chi connectivity index (χ4n) is 1.87. The molecule has 1 aromatic heterocycles. The number of hydrogen-bond donors (Lipinski definition) is 0. The summed E-state index contributed by atoms with van der Waals surface area (Å²) in [6, 6.07) is 13.3. The number of terminal acetylenes is 1. The summed E-state index contributed by atoms with van der Waals surface area (Å²) in [7, 11) is -3.66.